The number of benzene rings is 2. The SMILES string of the molecule is O=C(O)CCN(C(=O)c1cccc(Cl)c1)c1ccccc1. The van der Waals surface area contributed by atoms with E-state index in [2.05, 4.69) is 0 Å². The molecule has 0 fully saturated rings. The molecule has 0 aliphatic carbocycles. The Morgan fingerprint density at radius 3 is 2.38 bits per heavy atom. The van der Waals surface area contributed by atoms with Gasteiger partial charge in [-0.15, -0.1) is 0 Å². The molecule has 0 saturated carbocycles. The molecule has 0 radical (unpaired) electrons. The Labute approximate surface area is 127 Å². The van der Waals surface area contributed by atoms with Crippen molar-refractivity contribution in [3.05, 3.63) is 65.2 Å². The van der Waals surface area contributed by atoms with Gasteiger partial charge in [0.15, 0.2) is 0 Å². The van der Waals surface area contributed by atoms with Crippen molar-refractivity contribution < 1.29 is 14.7 Å². The average Bonchev–Trinajstić information content (AvgIpc) is 2.48. The first-order valence-corrected chi connectivity index (χ1v) is 6.80. The van der Waals surface area contributed by atoms with Crippen LogP contribution in [-0.4, -0.2) is 23.5 Å². The standard InChI is InChI=1S/C16H14ClNO3/c17-13-6-4-5-12(11-13)16(21)18(10-9-15(19)20)14-7-2-1-3-8-14/h1-8,11H,9-10H2,(H,19,20). The Hall–Kier alpha value is -2.33. The Kier molecular flexibility index (Phi) is 4.95. The Balaban J connectivity index is 2.30. The van der Waals surface area contributed by atoms with E-state index in [0.717, 1.165) is 0 Å². The molecule has 5 heteroatoms. The van der Waals surface area contributed by atoms with E-state index in [0.29, 0.717) is 16.3 Å². The fourth-order valence-electron chi connectivity index (χ4n) is 1.94. The lowest BCUT2D eigenvalue weighted by atomic mass is 10.1. The van der Waals surface area contributed by atoms with Crippen LogP contribution in [0.4, 0.5) is 5.69 Å². The van der Waals surface area contributed by atoms with Gasteiger partial charge < -0.3 is 10.0 Å². The van der Waals surface area contributed by atoms with Gasteiger partial charge in [0.2, 0.25) is 0 Å². The van der Waals surface area contributed by atoms with Gasteiger partial charge in [0.05, 0.1) is 6.42 Å². The van der Waals surface area contributed by atoms with Crippen LogP contribution in [-0.2, 0) is 4.79 Å². The van der Waals surface area contributed by atoms with Crippen molar-refractivity contribution in [1.29, 1.82) is 0 Å². The molecule has 0 unspecified atom stereocenters. The largest absolute Gasteiger partial charge is 0.481 e. The van der Waals surface area contributed by atoms with Crippen molar-refractivity contribution >= 4 is 29.2 Å². The molecule has 1 N–H and O–H groups in total. The highest BCUT2D eigenvalue weighted by atomic mass is 35.5. The zero-order valence-corrected chi connectivity index (χ0v) is 12.0. The van der Waals surface area contributed by atoms with Crippen LogP contribution in [0.25, 0.3) is 0 Å². The van der Waals surface area contributed by atoms with Gasteiger partial charge in [-0.1, -0.05) is 35.9 Å². The molecule has 0 aromatic heterocycles. The molecule has 4 nitrogen and oxygen atoms in total. The molecule has 2 rings (SSSR count). The van der Waals surface area contributed by atoms with Crippen molar-refractivity contribution in [2.24, 2.45) is 0 Å². The highest BCUT2D eigenvalue weighted by Gasteiger charge is 2.18. The third-order valence-corrected chi connectivity index (χ3v) is 3.17. The van der Waals surface area contributed by atoms with Crippen molar-refractivity contribution in [2.45, 2.75) is 6.42 Å². The first-order chi connectivity index (χ1) is 10.1. The summed E-state index contributed by atoms with van der Waals surface area (Å²) in [6, 6.07) is 15.6. The zero-order valence-electron chi connectivity index (χ0n) is 11.2. The van der Waals surface area contributed by atoms with Gasteiger partial charge in [-0.25, -0.2) is 0 Å². The van der Waals surface area contributed by atoms with E-state index in [9.17, 15) is 9.59 Å². The summed E-state index contributed by atoms with van der Waals surface area (Å²) in [5, 5.41) is 9.31. The third-order valence-electron chi connectivity index (χ3n) is 2.93. The summed E-state index contributed by atoms with van der Waals surface area (Å²) in [4.78, 5) is 24.8. The number of hydrogen-bond donors (Lipinski definition) is 1. The van der Waals surface area contributed by atoms with Crippen molar-refractivity contribution in [2.75, 3.05) is 11.4 Å². The van der Waals surface area contributed by atoms with Gasteiger partial charge in [0.25, 0.3) is 5.91 Å². The maximum atomic E-state index is 12.6. The maximum absolute atomic E-state index is 12.6. The van der Waals surface area contributed by atoms with Crippen molar-refractivity contribution in [1.82, 2.24) is 0 Å². The minimum Gasteiger partial charge on any atom is -0.481 e. The van der Waals surface area contributed by atoms with E-state index < -0.39 is 5.97 Å². The van der Waals surface area contributed by atoms with E-state index in [1.165, 1.54) is 4.90 Å². The molecule has 108 valence electrons. The summed E-state index contributed by atoms with van der Waals surface area (Å²) < 4.78 is 0. The Morgan fingerprint density at radius 1 is 1.05 bits per heavy atom. The van der Waals surface area contributed by atoms with Gasteiger partial charge in [0.1, 0.15) is 0 Å². The quantitative estimate of drug-likeness (QED) is 0.920. The number of carboxylic acids is 1. The molecular weight excluding hydrogens is 290 g/mol. The lowest BCUT2D eigenvalue weighted by Crippen LogP contribution is -2.33. The predicted octanol–water partition coefficient (Wildman–Crippen LogP) is 3.46. The number of aliphatic carboxylic acids is 1. The second-order valence-electron chi connectivity index (χ2n) is 4.45. The number of carbonyl (C=O) groups is 2. The van der Waals surface area contributed by atoms with E-state index in [-0.39, 0.29) is 18.9 Å². The maximum Gasteiger partial charge on any atom is 0.305 e. The van der Waals surface area contributed by atoms with Crippen LogP contribution < -0.4 is 4.90 Å². The van der Waals surface area contributed by atoms with Crippen molar-refractivity contribution in [3.8, 4) is 0 Å². The fourth-order valence-corrected chi connectivity index (χ4v) is 2.13. The number of halogens is 1. The van der Waals surface area contributed by atoms with Gasteiger partial charge >= 0.3 is 5.97 Å². The van der Waals surface area contributed by atoms with Gasteiger partial charge in [0, 0.05) is 22.8 Å². The Bertz CT molecular complexity index is 643. The summed E-state index contributed by atoms with van der Waals surface area (Å²) in [7, 11) is 0. The summed E-state index contributed by atoms with van der Waals surface area (Å²) in [5.41, 5.74) is 1.08. The molecule has 21 heavy (non-hydrogen) atoms. The molecule has 0 atom stereocenters. The number of carbonyl (C=O) groups excluding carboxylic acids is 1. The van der Waals surface area contributed by atoms with Gasteiger partial charge in [-0.2, -0.15) is 0 Å². The summed E-state index contributed by atoms with van der Waals surface area (Å²) in [6.45, 7) is 0.102. The zero-order chi connectivity index (χ0) is 15.2. The van der Waals surface area contributed by atoms with Crippen molar-refractivity contribution in [3.63, 3.8) is 0 Å². The molecule has 2 aromatic carbocycles. The molecule has 0 aliphatic rings. The van der Waals surface area contributed by atoms with Crippen LogP contribution in [0.1, 0.15) is 16.8 Å². The molecule has 0 aliphatic heterocycles. The highest BCUT2D eigenvalue weighted by Crippen LogP contribution is 2.19. The minimum atomic E-state index is -0.949. The fraction of sp³-hybridized carbons (Fsp3) is 0.125. The minimum absolute atomic E-state index is 0.102. The second-order valence-corrected chi connectivity index (χ2v) is 4.88. The second kappa shape index (κ2) is 6.90. The van der Waals surface area contributed by atoms with E-state index in [1.54, 1.807) is 48.5 Å². The van der Waals surface area contributed by atoms with Crippen LogP contribution in [0.2, 0.25) is 5.02 Å². The molecule has 0 saturated heterocycles. The van der Waals surface area contributed by atoms with E-state index in [1.807, 2.05) is 6.07 Å². The molecule has 0 spiro atoms. The molecule has 0 heterocycles. The molecule has 2 aromatic rings. The predicted molar refractivity (Wildman–Crippen MR) is 81.8 cm³/mol. The summed E-state index contributed by atoms with van der Waals surface area (Å²) in [5.74, 6) is -1.22. The lowest BCUT2D eigenvalue weighted by molar-refractivity contribution is -0.136. The summed E-state index contributed by atoms with van der Waals surface area (Å²) >= 11 is 5.90. The normalized spacial score (nSPS) is 10.1. The van der Waals surface area contributed by atoms with Crippen LogP contribution in [0.5, 0.6) is 0 Å². The molecule has 0 bridgehead atoms. The van der Waals surface area contributed by atoms with Gasteiger partial charge in [-0.05, 0) is 30.3 Å². The van der Waals surface area contributed by atoms with Crippen LogP contribution in [0.3, 0.4) is 0 Å². The third kappa shape index (κ3) is 4.07. The van der Waals surface area contributed by atoms with Crippen LogP contribution in [0, 0.1) is 0 Å². The number of anilines is 1. The lowest BCUT2D eigenvalue weighted by Gasteiger charge is -2.22. The number of amides is 1. The van der Waals surface area contributed by atoms with Crippen LogP contribution >= 0.6 is 11.6 Å². The first kappa shape index (κ1) is 15.1. The number of rotatable bonds is 5. The number of nitrogens with zero attached hydrogens (tertiary/aromatic N) is 1. The number of hydrogen-bond acceptors (Lipinski definition) is 2. The summed E-state index contributed by atoms with van der Waals surface area (Å²) in [6.07, 6.45) is -0.124. The van der Waals surface area contributed by atoms with E-state index in [4.69, 9.17) is 16.7 Å². The molecular formula is C16H14ClNO3. The average molecular weight is 304 g/mol. The van der Waals surface area contributed by atoms with Crippen LogP contribution in [0.15, 0.2) is 54.6 Å². The number of para-hydroxylation sites is 1. The topological polar surface area (TPSA) is 57.6 Å². The highest BCUT2D eigenvalue weighted by molar-refractivity contribution is 6.31. The molecule has 1 amide bonds. The first-order valence-electron chi connectivity index (χ1n) is 6.42. The number of carboxylic acid groups (broad SMARTS) is 1. The van der Waals surface area contributed by atoms with Gasteiger partial charge in [-0.3, -0.25) is 9.59 Å². The Morgan fingerprint density at radius 2 is 1.76 bits per heavy atom. The monoisotopic (exact) mass is 303 g/mol. The smallest absolute Gasteiger partial charge is 0.305 e. The van der Waals surface area contributed by atoms with E-state index >= 15 is 0 Å².